The molecule has 0 saturated carbocycles. The van der Waals surface area contributed by atoms with Crippen LogP contribution in [0, 0.1) is 13.8 Å². The predicted molar refractivity (Wildman–Crippen MR) is 125 cm³/mol. The number of halogens is 2. The summed E-state index contributed by atoms with van der Waals surface area (Å²) in [5.41, 5.74) is 1.14. The van der Waals surface area contributed by atoms with Gasteiger partial charge in [0, 0.05) is 37.3 Å². The summed E-state index contributed by atoms with van der Waals surface area (Å²) in [6.45, 7) is 5.34. The van der Waals surface area contributed by atoms with Crippen LogP contribution in [-0.2, 0) is 10.0 Å². The molecule has 10 heteroatoms. The maximum atomic E-state index is 13.1. The number of ether oxygens (including phenoxy) is 1. The number of hydrogen-bond donors (Lipinski definition) is 0. The summed E-state index contributed by atoms with van der Waals surface area (Å²) >= 11 is 12.1. The SMILES string of the molecule is Cc1ccc(Oc2cc(N3CCN(S(=O)(=O)c4cc(Cl)ccc4Cl)CC3)nc(C)n2)cc1. The van der Waals surface area contributed by atoms with Crippen molar-refractivity contribution in [3.05, 3.63) is 70.0 Å². The van der Waals surface area contributed by atoms with Crippen molar-refractivity contribution in [2.75, 3.05) is 31.1 Å². The lowest BCUT2D eigenvalue weighted by Crippen LogP contribution is -2.49. The Balaban J connectivity index is 1.49. The number of aromatic nitrogens is 2. The van der Waals surface area contributed by atoms with Crippen molar-refractivity contribution >= 4 is 39.0 Å². The summed E-state index contributed by atoms with van der Waals surface area (Å²) in [5, 5.41) is 0.477. The first-order valence-electron chi connectivity index (χ1n) is 10.0. The van der Waals surface area contributed by atoms with E-state index in [4.69, 9.17) is 27.9 Å². The molecule has 0 unspecified atom stereocenters. The molecule has 7 nitrogen and oxygen atoms in total. The van der Waals surface area contributed by atoms with E-state index in [0.717, 1.165) is 5.56 Å². The van der Waals surface area contributed by atoms with Gasteiger partial charge in [-0.25, -0.2) is 13.4 Å². The minimum absolute atomic E-state index is 0.0202. The molecule has 2 heterocycles. The third-order valence-electron chi connectivity index (χ3n) is 5.12. The van der Waals surface area contributed by atoms with Crippen LogP contribution in [0.1, 0.15) is 11.4 Å². The fourth-order valence-corrected chi connectivity index (χ4v) is 5.60. The van der Waals surface area contributed by atoms with Crippen molar-refractivity contribution in [2.45, 2.75) is 18.7 Å². The van der Waals surface area contributed by atoms with E-state index in [1.165, 1.54) is 16.4 Å². The Hall–Kier alpha value is -2.39. The molecule has 0 aliphatic carbocycles. The van der Waals surface area contributed by atoms with Gasteiger partial charge in [0.15, 0.2) is 0 Å². The molecular weight excluding hydrogens is 471 g/mol. The number of rotatable bonds is 5. The Labute approximate surface area is 197 Å². The van der Waals surface area contributed by atoms with E-state index in [0.29, 0.717) is 54.5 Å². The maximum Gasteiger partial charge on any atom is 0.244 e. The molecule has 0 bridgehead atoms. The number of nitrogens with zero attached hydrogens (tertiary/aromatic N) is 4. The molecule has 0 spiro atoms. The Bertz CT molecular complexity index is 1230. The van der Waals surface area contributed by atoms with Crippen molar-refractivity contribution in [1.82, 2.24) is 14.3 Å². The zero-order valence-corrected chi connectivity index (χ0v) is 20.0. The van der Waals surface area contributed by atoms with Crippen LogP contribution in [0.25, 0.3) is 0 Å². The lowest BCUT2D eigenvalue weighted by atomic mass is 10.2. The standard InChI is InChI=1S/C22H22Cl2N4O3S/c1-15-3-6-18(7-4-15)31-22-14-21(25-16(2)26-22)27-9-11-28(12-10-27)32(29,30)20-13-17(23)5-8-19(20)24/h3-8,13-14H,9-12H2,1-2H3. The fourth-order valence-electron chi connectivity index (χ4n) is 3.44. The minimum Gasteiger partial charge on any atom is -0.439 e. The summed E-state index contributed by atoms with van der Waals surface area (Å²) in [7, 11) is -3.75. The van der Waals surface area contributed by atoms with Crippen LogP contribution < -0.4 is 9.64 Å². The highest BCUT2D eigenvalue weighted by molar-refractivity contribution is 7.89. The van der Waals surface area contributed by atoms with Crippen molar-refractivity contribution in [3.8, 4) is 11.6 Å². The first-order chi connectivity index (χ1) is 15.2. The number of anilines is 1. The normalized spacial score (nSPS) is 15.1. The van der Waals surface area contributed by atoms with E-state index in [1.807, 2.05) is 36.1 Å². The second kappa shape index (κ2) is 9.23. The van der Waals surface area contributed by atoms with Gasteiger partial charge in [-0.2, -0.15) is 9.29 Å². The summed E-state index contributed by atoms with van der Waals surface area (Å²) < 4.78 is 33.4. The van der Waals surface area contributed by atoms with Crippen LogP contribution >= 0.6 is 23.2 Å². The van der Waals surface area contributed by atoms with E-state index >= 15 is 0 Å². The summed E-state index contributed by atoms with van der Waals surface area (Å²) in [6.07, 6.45) is 0. The Morgan fingerprint density at radius 2 is 1.59 bits per heavy atom. The highest BCUT2D eigenvalue weighted by Gasteiger charge is 2.31. The molecule has 2 aromatic carbocycles. The number of aryl methyl sites for hydroxylation is 2. The third kappa shape index (κ3) is 4.99. The average Bonchev–Trinajstić information content (AvgIpc) is 2.76. The first kappa shape index (κ1) is 22.8. The van der Waals surface area contributed by atoms with Crippen LogP contribution in [0.3, 0.4) is 0 Å². The van der Waals surface area contributed by atoms with E-state index in [2.05, 4.69) is 9.97 Å². The quantitative estimate of drug-likeness (QED) is 0.513. The highest BCUT2D eigenvalue weighted by atomic mass is 35.5. The van der Waals surface area contributed by atoms with Crippen molar-refractivity contribution in [1.29, 1.82) is 0 Å². The first-order valence-corrected chi connectivity index (χ1v) is 12.2. The smallest absolute Gasteiger partial charge is 0.244 e. The molecule has 0 N–H and O–H groups in total. The molecule has 1 aliphatic heterocycles. The van der Waals surface area contributed by atoms with Gasteiger partial charge in [0.05, 0.1) is 5.02 Å². The van der Waals surface area contributed by atoms with Gasteiger partial charge in [-0.1, -0.05) is 40.9 Å². The topological polar surface area (TPSA) is 75.6 Å². The van der Waals surface area contributed by atoms with Gasteiger partial charge in [0.25, 0.3) is 0 Å². The Kier molecular flexibility index (Phi) is 6.57. The molecular formula is C22H22Cl2N4O3S. The third-order valence-corrected chi connectivity index (χ3v) is 7.73. The summed E-state index contributed by atoms with van der Waals surface area (Å²) in [4.78, 5) is 10.9. The molecule has 1 aromatic heterocycles. The summed E-state index contributed by atoms with van der Waals surface area (Å²) in [5.74, 6) is 2.40. The van der Waals surface area contributed by atoms with Crippen molar-refractivity contribution < 1.29 is 13.2 Å². The molecule has 168 valence electrons. The van der Waals surface area contributed by atoms with Gasteiger partial charge in [0.1, 0.15) is 22.3 Å². The molecule has 1 aliphatic rings. The van der Waals surface area contributed by atoms with Gasteiger partial charge in [-0.05, 0) is 44.2 Å². The van der Waals surface area contributed by atoms with E-state index in [9.17, 15) is 8.42 Å². The lowest BCUT2D eigenvalue weighted by Gasteiger charge is -2.34. The largest absolute Gasteiger partial charge is 0.439 e. The predicted octanol–water partition coefficient (Wildman–Crippen LogP) is 4.70. The second-order valence-electron chi connectivity index (χ2n) is 7.49. The Morgan fingerprint density at radius 3 is 2.28 bits per heavy atom. The molecule has 0 radical (unpaired) electrons. The van der Waals surface area contributed by atoms with E-state index in [-0.39, 0.29) is 9.92 Å². The van der Waals surface area contributed by atoms with E-state index in [1.54, 1.807) is 19.1 Å². The highest BCUT2D eigenvalue weighted by Crippen LogP contribution is 2.29. The van der Waals surface area contributed by atoms with E-state index < -0.39 is 10.0 Å². The van der Waals surface area contributed by atoms with Crippen LogP contribution in [-0.4, -0.2) is 48.9 Å². The molecule has 0 atom stereocenters. The minimum atomic E-state index is -3.75. The van der Waals surface area contributed by atoms with Crippen molar-refractivity contribution in [2.24, 2.45) is 0 Å². The monoisotopic (exact) mass is 492 g/mol. The maximum absolute atomic E-state index is 13.1. The molecule has 0 amide bonds. The van der Waals surface area contributed by atoms with Crippen LogP contribution in [0.4, 0.5) is 5.82 Å². The average molecular weight is 493 g/mol. The van der Waals surface area contributed by atoms with Gasteiger partial charge >= 0.3 is 0 Å². The van der Waals surface area contributed by atoms with Crippen LogP contribution in [0.5, 0.6) is 11.6 Å². The second-order valence-corrected chi connectivity index (χ2v) is 10.2. The van der Waals surface area contributed by atoms with Crippen molar-refractivity contribution in [3.63, 3.8) is 0 Å². The molecule has 3 aromatic rings. The summed E-state index contributed by atoms with van der Waals surface area (Å²) in [6, 6.07) is 13.9. The molecule has 1 saturated heterocycles. The lowest BCUT2D eigenvalue weighted by molar-refractivity contribution is 0.383. The fraction of sp³-hybridized carbons (Fsp3) is 0.273. The number of sulfonamides is 1. The number of hydrogen-bond acceptors (Lipinski definition) is 6. The molecule has 4 rings (SSSR count). The zero-order valence-electron chi connectivity index (χ0n) is 17.6. The van der Waals surface area contributed by atoms with Gasteiger partial charge < -0.3 is 9.64 Å². The number of piperazine rings is 1. The van der Waals surface area contributed by atoms with Gasteiger partial charge in [-0.15, -0.1) is 0 Å². The molecule has 32 heavy (non-hydrogen) atoms. The molecule has 1 fully saturated rings. The Morgan fingerprint density at radius 1 is 0.906 bits per heavy atom. The van der Waals surface area contributed by atoms with Crippen LogP contribution in [0.2, 0.25) is 10.0 Å². The van der Waals surface area contributed by atoms with Gasteiger partial charge in [0.2, 0.25) is 15.9 Å². The number of benzene rings is 2. The van der Waals surface area contributed by atoms with Gasteiger partial charge in [-0.3, -0.25) is 0 Å². The zero-order chi connectivity index (χ0) is 22.9. The van der Waals surface area contributed by atoms with Crippen LogP contribution in [0.15, 0.2) is 53.4 Å².